The van der Waals surface area contributed by atoms with Crippen LogP contribution in [0, 0.1) is 17.3 Å². The minimum absolute atomic E-state index is 0.0897. The number of methoxy groups -OCH3 is 1. The van der Waals surface area contributed by atoms with Gasteiger partial charge < -0.3 is 29.2 Å². The van der Waals surface area contributed by atoms with Gasteiger partial charge in [-0.1, -0.05) is 26.8 Å². The standard InChI is InChI=1S/C44H58N8O5S/c1-8-51-37-12-11-28-19-31(37)33(40(51)32-20-29(23-45-39(32)27(3)56-7)50-16-14-49(6)15-17-50)22-44(4,5)25-57-43(55)34-10-9-13-52(48-34)42(54)35(21-38-46-36(28)24-58-38)47-41(53)30-18-26(30)2/h11-12,19-20,23-24,26-27,30,34-35,48H,8-10,13-18,21-22,25H2,1-7H3,(H,47,53)/t26-,27-,30?,34-,35-/m0/s1. The first kappa shape index (κ1) is 40.4. The van der Waals surface area contributed by atoms with Crippen LogP contribution in [0.25, 0.3) is 33.4 Å². The molecule has 2 saturated heterocycles. The van der Waals surface area contributed by atoms with E-state index in [1.165, 1.54) is 16.3 Å². The Kier molecular flexibility index (Phi) is 11.4. The van der Waals surface area contributed by atoms with Crippen LogP contribution in [0.2, 0.25) is 0 Å². The Morgan fingerprint density at radius 3 is 2.66 bits per heavy atom. The summed E-state index contributed by atoms with van der Waals surface area (Å²) in [5.74, 6) is -0.561. The van der Waals surface area contributed by atoms with E-state index < -0.39 is 17.5 Å². The maximum absolute atomic E-state index is 14.1. The van der Waals surface area contributed by atoms with Gasteiger partial charge in [-0.05, 0) is 76.3 Å². The molecule has 2 N–H and O–H groups in total. The largest absolute Gasteiger partial charge is 0.464 e. The number of benzene rings is 1. The first-order valence-corrected chi connectivity index (χ1v) is 21.8. The quantitative estimate of drug-likeness (QED) is 0.227. The second kappa shape index (κ2) is 16.4. The van der Waals surface area contributed by atoms with E-state index in [4.69, 9.17) is 19.4 Å². The third-order valence-corrected chi connectivity index (χ3v) is 13.4. The van der Waals surface area contributed by atoms with Gasteiger partial charge in [0.25, 0.3) is 5.91 Å². The number of likely N-dealkylation sites (N-methyl/N-ethyl adjacent to an activating group) is 1. The highest BCUT2D eigenvalue weighted by atomic mass is 32.1. The maximum atomic E-state index is 14.1. The predicted octanol–water partition coefficient (Wildman–Crippen LogP) is 5.61. The lowest BCUT2D eigenvalue weighted by Crippen LogP contribution is -2.60. The summed E-state index contributed by atoms with van der Waals surface area (Å²) in [6.45, 7) is 15.7. The van der Waals surface area contributed by atoms with Crippen molar-refractivity contribution in [1.82, 2.24) is 35.2 Å². The van der Waals surface area contributed by atoms with Crippen molar-refractivity contribution >= 4 is 45.7 Å². The third kappa shape index (κ3) is 8.12. The van der Waals surface area contributed by atoms with Gasteiger partial charge in [-0.2, -0.15) is 0 Å². The van der Waals surface area contributed by atoms with Crippen LogP contribution in [-0.2, 0) is 43.2 Å². The molecule has 1 unspecified atom stereocenters. The minimum atomic E-state index is -0.825. The zero-order valence-corrected chi connectivity index (χ0v) is 35.8. The number of thiazole rings is 1. The van der Waals surface area contributed by atoms with Gasteiger partial charge in [0.1, 0.15) is 12.1 Å². The molecule has 6 bridgehead atoms. The Bertz CT molecular complexity index is 2190. The number of hydrazine groups is 1. The number of hydrogen-bond acceptors (Lipinski definition) is 11. The highest BCUT2D eigenvalue weighted by Crippen LogP contribution is 2.43. The van der Waals surface area contributed by atoms with Crippen LogP contribution in [0.4, 0.5) is 5.69 Å². The zero-order chi connectivity index (χ0) is 40.9. The summed E-state index contributed by atoms with van der Waals surface area (Å²) in [5, 5.41) is 8.46. The molecule has 0 radical (unpaired) electrons. The monoisotopic (exact) mass is 810 g/mol. The van der Waals surface area contributed by atoms with Gasteiger partial charge in [0, 0.05) is 91.5 Å². The van der Waals surface area contributed by atoms with Crippen molar-refractivity contribution in [2.75, 3.05) is 58.4 Å². The maximum Gasteiger partial charge on any atom is 0.324 e. The third-order valence-electron chi connectivity index (χ3n) is 12.5. The van der Waals surface area contributed by atoms with Gasteiger partial charge in [-0.25, -0.2) is 10.4 Å². The summed E-state index contributed by atoms with van der Waals surface area (Å²) in [5.41, 5.74) is 10.9. The molecular weight excluding hydrogens is 753 g/mol. The van der Waals surface area contributed by atoms with Crippen molar-refractivity contribution < 1.29 is 23.9 Å². The molecule has 1 aromatic carbocycles. The molecule has 8 rings (SSSR count). The summed E-state index contributed by atoms with van der Waals surface area (Å²) in [6, 6.07) is 7.34. The highest BCUT2D eigenvalue weighted by molar-refractivity contribution is 7.10. The van der Waals surface area contributed by atoms with Crippen molar-refractivity contribution in [3.63, 3.8) is 0 Å². The number of carbonyl (C=O) groups excluding carboxylic acids is 3. The van der Waals surface area contributed by atoms with Crippen LogP contribution in [0.1, 0.15) is 76.3 Å². The van der Waals surface area contributed by atoms with Crippen LogP contribution in [0.5, 0.6) is 0 Å². The molecule has 0 spiro atoms. The second-order valence-corrected chi connectivity index (χ2v) is 18.5. The predicted molar refractivity (Wildman–Crippen MR) is 226 cm³/mol. The van der Waals surface area contributed by atoms with Crippen molar-refractivity contribution in [2.24, 2.45) is 17.3 Å². The van der Waals surface area contributed by atoms with E-state index in [9.17, 15) is 14.4 Å². The van der Waals surface area contributed by atoms with E-state index in [0.29, 0.717) is 31.7 Å². The number of cyclic esters (lactones) is 1. The molecule has 1 saturated carbocycles. The molecule has 3 fully saturated rings. The number of fused-ring (bicyclic) bond motifs is 6. The molecule has 3 aromatic heterocycles. The van der Waals surface area contributed by atoms with Gasteiger partial charge in [0.2, 0.25) is 5.91 Å². The second-order valence-electron chi connectivity index (χ2n) is 17.6. The van der Waals surface area contributed by atoms with Gasteiger partial charge in [-0.15, -0.1) is 11.3 Å². The molecule has 4 aromatic rings. The van der Waals surface area contributed by atoms with Crippen LogP contribution < -0.4 is 15.6 Å². The highest BCUT2D eigenvalue weighted by Gasteiger charge is 2.42. The van der Waals surface area contributed by atoms with Crippen molar-refractivity contribution in [2.45, 2.75) is 91.5 Å². The molecule has 2 amide bonds. The van der Waals surface area contributed by atoms with E-state index in [0.717, 1.165) is 94.5 Å². The average Bonchev–Trinajstić information content (AvgIpc) is 3.65. The van der Waals surface area contributed by atoms with Gasteiger partial charge in [0.05, 0.1) is 46.7 Å². The van der Waals surface area contributed by atoms with E-state index in [2.05, 4.69) is 77.2 Å². The molecular formula is C44H58N8O5S. The molecule has 310 valence electrons. The van der Waals surface area contributed by atoms with E-state index in [1.54, 1.807) is 7.11 Å². The van der Waals surface area contributed by atoms with E-state index >= 15 is 0 Å². The number of aromatic nitrogens is 3. The lowest BCUT2D eigenvalue weighted by Gasteiger charge is -2.35. The van der Waals surface area contributed by atoms with Crippen LogP contribution in [0.3, 0.4) is 0 Å². The Hall–Kier alpha value is -4.37. The van der Waals surface area contributed by atoms with Crippen molar-refractivity contribution in [1.29, 1.82) is 0 Å². The zero-order valence-electron chi connectivity index (χ0n) is 35.0. The van der Waals surface area contributed by atoms with Gasteiger partial charge in [0.15, 0.2) is 0 Å². The number of nitrogens with one attached hydrogen (secondary N) is 2. The molecule has 58 heavy (non-hydrogen) atoms. The Morgan fingerprint density at radius 2 is 1.93 bits per heavy atom. The van der Waals surface area contributed by atoms with Gasteiger partial charge in [-0.3, -0.25) is 24.4 Å². The number of ether oxygens (including phenoxy) is 2. The molecule has 4 aliphatic rings. The number of pyridine rings is 1. The van der Waals surface area contributed by atoms with Crippen LogP contribution in [0.15, 0.2) is 35.8 Å². The number of piperazine rings is 1. The van der Waals surface area contributed by atoms with E-state index in [-0.39, 0.29) is 42.8 Å². The topological polar surface area (TPSA) is 134 Å². The molecule has 13 nitrogen and oxygen atoms in total. The molecule has 14 heteroatoms. The molecule has 3 aliphatic heterocycles. The summed E-state index contributed by atoms with van der Waals surface area (Å²) < 4.78 is 14.5. The van der Waals surface area contributed by atoms with E-state index in [1.807, 2.05) is 25.4 Å². The molecule has 6 heterocycles. The number of anilines is 1. The summed E-state index contributed by atoms with van der Waals surface area (Å²) in [7, 11) is 3.89. The Morgan fingerprint density at radius 1 is 1.16 bits per heavy atom. The van der Waals surface area contributed by atoms with Gasteiger partial charge >= 0.3 is 5.97 Å². The Balaban J connectivity index is 1.26. The number of rotatable bonds is 7. The first-order valence-electron chi connectivity index (χ1n) is 20.9. The average molecular weight is 811 g/mol. The number of hydrogen-bond donors (Lipinski definition) is 2. The first-order chi connectivity index (χ1) is 27.8. The molecule has 1 aliphatic carbocycles. The summed E-state index contributed by atoms with van der Waals surface area (Å²) in [6.07, 6.45) is 4.60. The van der Waals surface area contributed by atoms with Crippen LogP contribution >= 0.6 is 11.3 Å². The van der Waals surface area contributed by atoms with Crippen LogP contribution in [-0.4, -0.2) is 108 Å². The minimum Gasteiger partial charge on any atom is -0.464 e. The number of amides is 2. The lowest BCUT2D eigenvalue weighted by atomic mass is 9.84. The smallest absolute Gasteiger partial charge is 0.324 e. The number of nitrogens with zero attached hydrogens (tertiary/aromatic N) is 6. The SMILES string of the molecule is CCn1c(-c2cc(N3CCN(C)CC3)cnc2[C@H](C)OC)c2c3cc(ccc31)-c1csc(n1)C[C@H](NC(=O)C1C[C@@H]1C)C(=O)N1CCC[C@H](N1)C(=O)OCC(C)(C)C2. The number of carbonyl (C=O) groups is 3. The lowest BCUT2D eigenvalue weighted by molar-refractivity contribution is -0.155. The normalized spacial score (nSPS) is 24.7. The fourth-order valence-electron chi connectivity index (χ4n) is 8.80. The number of aryl methyl sites for hydroxylation is 1. The fourth-order valence-corrected chi connectivity index (χ4v) is 9.65. The summed E-state index contributed by atoms with van der Waals surface area (Å²) >= 11 is 1.49. The molecule has 5 atom stereocenters. The van der Waals surface area contributed by atoms with Crippen molar-refractivity contribution in [3.05, 3.63) is 52.1 Å². The number of esters is 1. The summed E-state index contributed by atoms with van der Waals surface area (Å²) in [4.78, 5) is 56.1. The van der Waals surface area contributed by atoms with Crippen molar-refractivity contribution in [3.8, 4) is 22.5 Å². The fraction of sp³-hybridized carbons (Fsp3) is 0.568. The Labute approximate surface area is 345 Å².